The number of primary amides is 1. The third-order valence-electron chi connectivity index (χ3n) is 2.19. The van der Waals surface area contributed by atoms with Gasteiger partial charge >= 0.3 is 0 Å². The summed E-state index contributed by atoms with van der Waals surface area (Å²) in [6.45, 7) is 1.91. The molecule has 1 aromatic heterocycles. The zero-order chi connectivity index (χ0) is 11.5. The SMILES string of the molecule is Cc1nnc(SCC(N)=O)c2ccccc12. The van der Waals surface area contributed by atoms with Crippen LogP contribution in [-0.2, 0) is 4.79 Å². The molecule has 0 fully saturated rings. The highest BCUT2D eigenvalue weighted by atomic mass is 32.2. The summed E-state index contributed by atoms with van der Waals surface area (Å²) in [4.78, 5) is 10.7. The number of carbonyl (C=O) groups is 1. The minimum Gasteiger partial charge on any atom is -0.369 e. The van der Waals surface area contributed by atoms with Gasteiger partial charge in [-0.2, -0.15) is 5.10 Å². The normalized spacial score (nSPS) is 10.6. The lowest BCUT2D eigenvalue weighted by Crippen LogP contribution is -2.13. The molecular weight excluding hydrogens is 222 g/mol. The summed E-state index contributed by atoms with van der Waals surface area (Å²) in [5, 5.41) is 11.0. The van der Waals surface area contributed by atoms with Gasteiger partial charge in [-0.1, -0.05) is 36.0 Å². The minimum atomic E-state index is -0.351. The molecule has 1 amide bonds. The fourth-order valence-corrected chi connectivity index (χ4v) is 2.17. The van der Waals surface area contributed by atoms with Gasteiger partial charge in [0.25, 0.3) is 0 Å². The first-order valence-corrected chi connectivity index (χ1v) is 5.80. The molecule has 16 heavy (non-hydrogen) atoms. The van der Waals surface area contributed by atoms with Crippen molar-refractivity contribution in [1.82, 2.24) is 10.2 Å². The van der Waals surface area contributed by atoms with E-state index in [0.717, 1.165) is 21.5 Å². The van der Waals surface area contributed by atoms with Crippen molar-refractivity contribution in [2.24, 2.45) is 5.73 Å². The summed E-state index contributed by atoms with van der Waals surface area (Å²) in [6.07, 6.45) is 0. The summed E-state index contributed by atoms with van der Waals surface area (Å²) >= 11 is 1.32. The second kappa shape index (κ2) is 4.49. The number of benzene rings is 1. The maximum atomic E-state index is 10.7. The molecule has 0 aliphatic rings. The van der Waals surface area contributed by atoms with Crippen LogP contribution in [0.15, 0.2) is 29.3 Å². The molecule has 2 aromatic rings. The molecular formula is C11H11N3OS. The van der Waals surface area contributed by atoms with Gasteiger partial charge in [0.2, 0.25) is 5.91 Å². The van der Waals surface area contributed by atoms with Gasteiger partial charge < -0.3 is 5.73 Å². The molecule has 4 nitrogen and oxygen atoms in total. The van der Waals surface area contributed by atoms with E-state index in [4.69, 9.17) is 5.73 Å². The van der Waals surface area contributed by atoms with E-state index in [9.17, 15) is 4.79 Å². The highest BCUT2D eigenvalue weighted by Crippen LogP contribution is 2.25. The molecule has 0 radical (unpaired) electrons. The highest BCUT2D eigenvalue weighted by Gasteiger charge is 2.07. The van der Waals surface area contributed by atoms with Crippen LogP contribution < -0.4 is 5.73 Å². The van der Waals surface area contributed by atoms with Crippen molar-refractivity contribution in [3.63, 3.8) is 0 Å². The van der Waals surface area contributed by atoms with Crippen molar-refractivity contribution in [2.75, 3.05) is 5.75 Å². The van der Waals surface area contributed by atoms with E-state index in [1.165, 1.54) is 11.8 Å². The lowest BCUT2D eigenvalue weighted by molar-refractivity contribution is -0.115. The number of fused-ring (bicyclic) bond motifs is 1. The Morgan fingerprint density at radius 2 is 2.00 bits per heavy atom. The Morgan fingerprint density at radius 1 is 1.31 bits per heavy atom. The number of nitrogens with two attached hydrogens (primary N) is 1. The van der Waals surface area contributed by atoms with Gasteiger partial charge in [0.15, 0.2) is 0 Å². The van der Waals surface area contributed by atoms with E-state index in [1.807, 2.05) is 31.2 Å². The number of hydrogen-bond donors (Lipinski definition) is 1. The first-order chi connectivity index (χ1) is 7.68. The van der Waals surface area contributed by atoms with Crippen molar-refractivity contribution in [1.29, 1.82) is 0 Å². The van der Waals surface area contributed by atoms with Gasteiger partial charge in [0.1, 0.15) is 5.03 Å². The summed E-state index contributed by atoms with van der Waals surface area (Å²) in [7, 11) is 0. The standard InChI is InChI=1S/C11H11N3OS/c1-7-8-4-2-3-5-9(8)11(14-13-7)16-6-10(12)15/h2-5H,6H2,1H3,(H2,12,15). The van der Waals surface area contributed by atoms with Crippen LogP contribution in [0, 0.1) is 6.92 Å². The van der Waals surface area contributed by atoms with E-state index in [2.05, 4.69) is 10.2 Å². The van der Waals surface area contributed by atoms with Crippen LogP contribution in [-0.4, -0.2) is 21.9 Å². The van der Waals surface area contributed by atoms with E-state index in [0.29, 0.717) is 0 Å². The molecule has 0 atom stereocenters. The molecule has 0 bridgehead atoms. The Hall–Kier alpha value is -1.62. The summed E-state index contributed by atoms with van der Waals surface area (Å²) < 4.78 is 0. The van der Waals surface area contributed by atoms with Gasteiger partial charge in [-0.05, 0) is 6.92 Å². The second-order valence-electron chi connectivity index (χ2n) is 3.39. The maximum Gasteiger partial charge on any atom is 0.227 e. The van der Waals surface area contributed by atoms with Crippen molar-refractivity contribution in [3.8, 4) is 0 Å². The van der Waals surface area contributed by atoms with Gasteiger partial charge in [0.05, 0.1) is 11.4 Å². The second-order valence-corrected chi connectivity index (χ2v) is 4.36. The molecule has 82 valence electrons. The molecule has 0 saturated heterocycles. The molecule has 5 heteroatoms. The van der Waals surface area contributed by atoms with E-state index < -0.39 is 0 Å². The van der Waals surface area contributed by atoms with Crippen LogP contribution in [0.5, 0.6) is 0 Å². The van der Waals surface area contributed by atoms with Crippen LogP contribution in [0.2, 0.25) is 0 Å². The predicted octanol–water partition coefficient (Wildman–Crippen LogP) is 1.52. The van der Waals surface area contributed by atoms with Crippen LogP contribution in [0.25, 0.3) is 10.8 Å². The van der Waals surface area contributed by atoms with E-state index >= 15 is 0 Å². The van der Waals surface area contributed by atoms with Gasteiger partial charge in [-0.15, -0.1) is 5.10 Å². The van der Waals surface area contributed by atoms with Crippen molar-refractivity contribution < 1.29 is 4.79 Å². The maximum absolute atomic E-state index is 10.7. The Labute approximate surface area is 97.2 Å². The lowest BCUT2D eigenvalue weighted by atomic mass is 10.1. The molecule has 2 rings (SSSR count). The smallest absolute Gasteiger partial charge is 0.227 e. The lowest BCUT2D eigenvalue weighted by Gasteiger charge is -2.04. The van der Waals surface area contributed by atoms with Crippen LogP contribution in [0.1, 0.15) is 5.69 Å². The van der Waals surface area contributed by atoms with E-state index in [-0.39, 0.29) is 11.7 Å². The third kappa shape index (κ3) is 2.14. The monoisotopic (exact) mass is 233 g/mol. The van der Waals surface area contributed by atoms with Crippen molar-refractivity contribution >= 4 is 28.4 Å². The zero-order valence-electron chi connectivity index (χ0n) is 8.80. The van der Waals surface area contributed by atoms with E-state index in [1.54, 1.807) is 0 Å². The quantitative estimate of drug-likeness (QED) is 0.816. The molecule has 2 N–H and O–H groups in total. The van der Waals surface area contributed by atoms with Crippen molar-refractivity contribution in [2.45, 2.75) is 11.9 Å². The highest BCUT2D eigenvalue weighted by molar-refractivity contribution is 8.00. The molecule has 0 spiro atoms. The first-order valence-electron chi connectivity index (χ1n) is 4.81. The Balaban J connectivity index is 2.46. The summed E-state index contributed by atoms with van der Waals surface area (Å²) in [6, 6.07) is 7.87. The fraction of sp³-hybridized carbons (Fsp3) is 0.182. The summed E-state index contributed by atoms with van der Waals surface area (Å²) in [5.41, 5.74) is 5.99. The minimum absolute atomic E-state index is 0.224. The predicted molar refractivity (Wildman–Crippen MR) is 64.2 cm³/mol. The van der Waals surface area contributed by atoms with Crippen LogP contribution in [0.3, 0.4) is 0 Å². The Morgan fingerprint density at radius 3 is 2.69 bits per heavy atom. The average molecular weight is 233 g/mol. The van der Waals surface area contributed by atoms with Gasteiger partial charge in [-0.25, -0.2) is 0 Å². The summed E-state index contributed by atoms with van der Waals surface area (Å²) in [5.74, 6) is -0.127. The van der Waals surface area contributed by atoms with Crippen LogP contribution in [0.4, 0.5) is 0 Å². The number of nitrogens with zero attached hydrogens (tertiary/aromatic N) is 2. The molecule has 0 aliphatic carbocycles. The zero-order valence-corrected chi connectivity index (χ0v) is 9.62. The first kappa shape index (κ1) is 10.9. The number of rotatable bonds is 3. The Kier molecular flexibility index (Phi) is 3.05. The number of thioether (sulfide) groups is 1. The Bertz CT molecular complexity index is 542. The average Bonchev–Trinajstić information content (AvgIpc) is 2.28. The molecule has 0 unspecified atom stereocenters. The van der Waals surface area contributed by atoms with Crippen LogP contribution >= 0.6 is 11.8 Å². The number of amides is 1. The van der Waals surface area contributed by atoms with Gasteiger partial charge in [-0.3, -0.25) is 4.79 Å². The fourth-order valence-electron chi connectivity index (χ4n) is 1.46. The van der Waals surface area contributed by atoms with Gasteiger partial charge in [0, 0.05) is 10.8 Å². The molecule has 0 saturated carbocycles. The third-order valence-corrected chi connectivity index (χ3v) is 3.19. The number of carbonyl (C=O) groups excluding carboxylic acids is 1. The molecule has 0 aliphatic heterocycles. The number of aryl methyl sites for hydroxylation is 1. The van der Waals surface area contributed by atoms with Crippen molar-refractivity contribution in [3.05, 3.63) is 30.0 Å². The molecule has 1 aromatic carbocycles. The number of aromatic nitrogens is 2. The molecule has 1 heterocycles. The topological polar surface area (TPSA) is 68.9 Å². The number of hydrogen-bond acceptors (Lipinski definition) is 4. The largest absolute Gasteiger partial charge is 0.369 e.